The molecular formula is C31H41N5O5. The Morgan fingerprint density at radius 2 is 1.73 bits per heavy atom. The molecule has 2 aliphatic heterocycles. The minimum absolute atomic E-state index is 0.225. The first kappa shape index (κ1) is 30.2. The standard InChI is InChI=1S/C31H41N5O5/c1-18(2)25-26(37)32-19(3)27(38)36-16-8-14-31(7,35-36)29(40)41-20(4)23-12-11-22-10-9-21(17-24(22)33-23)13-15-30(5,6)28(39)34-25/h9-13,15,17-20,25,35H,8,14,16H2,1-7H3,(H,32,37)(H,34,39). The van der Waals surface area contributed by atoms with E-state index in [0.717, 1.165) is 16.5 Å². The van der Waals surface area contributed by atoms with E-state index in [9.17, 15) is 19.2 Å². The van der Waals surface area contributed by atoms with E-state index in [1.807, 2.05) is 50.3 Å². The molecule has 10 nitrogen and oxygen atoms in total. The van der Waals surface area contributed by atoms with Gasteiger partial charge >= 0.3 is 5.97 Å². The maximum Gasteiger partial charge on any atom is 0.328 e. The highest BCUT2D eigenvalue weighted by Gasteiger charge is 2.42. The molecule has 2 aliphatic rings. The first-order valence-corrected chi connectivity index (χ1v) is 14.2. The summed E-state index contributed by atoms with van der Waals surface area (Å²) < 4.78 is 5.85. The lowest BCUT2D eigenvalue weighted by molar-refractivity contribution is -0.164. The number of amides is 3. The number of fused-ring (bicyclic) bond motifs is 4. The highest BCUT2D eigenvalue weighted by atomic mass is 16.5. The Hall–Kier alpha value is -3.79. The summed E-state index contributed by atoms with van der Waals surface area (Å²) in [7, 11) is 0. The van der Waals surface area contributed by atoms with Gasteiger partial charge in [-0.15, -0.1) is 0 Å². The largest absolute Gasteiger partial charge is 0.455 e. The summed E-state index contributed by atoms with van der Waals surface area (Å²) in [6.45, 7) is 12.7. The van der Waals surface area contributed by atoms with Crippen LogP contribution in [0.2, 0.25) is 0 Å². The van der Waals surface area contributed by atoms with Crippen molar-refractivity contribution in [1.29, 1.82) is 0 Å². The number of ether oxygens (including phenoxy) is 1. The van der Waals surface area contributed by atoms with Crippen LogP contribution in [0.15, 0.2) is 36.4 Å². The van der Waals surface area contributed by atoms with E-state index < -0.39 is 41.0 Å². The molecule has 220 valence electrons. The third-order valence-electron chi connectivity index (χ3n) is 7.84. The molecule has 41 heavy (non-hydrogen) atoms. The Bertz CT molecular complexity index is 1390. The number of aromatic nitrogens is 1. The van der Waals surface area contributed by atoms with Crippen molar-refractivity contribution < 1.29 is 23.9 Å². The Morgan fingerprint density at radius 1 is 1.02 bits per heavy atom. The SMILES string of the molecule is CC1NC(=O)C(C(C)C)NC(=O)C(C)(C)C=Cc2ccc3ccc(nc3c2)C(C)OC(=O)C2(C)CCCN(N2)C1=O. The highest BCUT2D eigenvalue weighted by molar-refractivity contribution is 5.94. The number of hydrogen-bond acceptors (Lipinski definition) is 7. The molecule has 3 heterocycles. The first-order valence-electron chi connectivity index (χ1n) is 14.2. The molecule has 0 radical (unpaired) electrons. The average Bonchev–Trinajstić information content (AvgIpc) is 2.92. The van der Waals surface area contributed by atoms with Crippen LogP contribution in [-0.2, 0) is 23.9 Å². The molecule has 1 aromatic heterocycles. The number of rotatable bonds is 1. The lowest BCUT2D eigenvalue weighted by Crippen LogP contribution is -2.65. The molecule has 3 amide bonds. The van der Waals surface area contributed by atoms with Crippen molar-refractivity contribution in [1.82, 2.24) is 26.1 Å². The Labute approximate surface area is 241 Å². The van der Waals surface area contributed by atoms with Gasteiger partial charge in [0.05, 0.1) is 16.6 Å². The van der Waals surface area contributed by atoms with E-state index in [2.05, 4.69) is 16.1 Å². The molecule has 1 aromatic carbocycles. The number of hydrogen-bond donors (Lipinski definition) is 3. The quantitative estimate of drug-likeness (QED) is 0.454. The molecule has 4 atom stereocenters. The predicted molar refractivity (Wildman–Crippen MR) is 156 cm³/mol. The van der Waals surface area contributed by atoms with E-state index in [-0.39, 0.29) is 17.7 Å². The van der Waals surface area contributed by atoms with Crippen molar-refractivity contribution in [3.63, 3.8) is 0 Å². The third kappa shape index (κ3) is 6.59. The second-order valence-electron chi connectivity index (χ2n) is 12.3. The monoisotopic (exact) mass is 563 g/mol. The summed E-state index contributed by atoms with van der Waals surface area (Å²) >= 11 is 0. The Morgan fingerprint density at radius 3 is 2.44 bits per heavy atom. The van der Waals surface area contributed by atoms with Crippen LogP contribution in [0.25, 0.3) is 17.0 Å². The molecule has 10 heteroatoms. The number of pyridine rings is 1. The van der Waals surface area contributed by atoms with Crippen molar-refractivity contribution in [3.8, 4) is 0 Å². The van der Waals surface area contributed by atoms with E-state index >= 15 is 0 Å². The van der Waals surface area contributed by atoms with E-state index in [1.54, 1.807) is 40.7 Å². The van der Waals surface area contributed by atoms with Gasteiger partial charge in [-0.25, -0.2) is 15.2 Å². The first-order chi connectivity index (χ1) is 19.2. The van der Waals surface area contributed by atoms with Crippen LogP contribution in [0.4, 0.5) is 0 Å². The summed E-state index contributed by atoms with van der Waals surface area (Å²) in [5.74, 6) is -1.88. The molecular weight excluding hydrogens is 522 g/mol. The number of carbonyl (C=O) groups is 4. The zero-order chi connectivity index (χ0) is 30.1. The Balaban J connectivity index is 1.73. The highest BCUT2D eigenvalue weighted by Crippen LogP contribution is 2.27. The molecule has 1 fully saturated rings. The molecule has 4 unspecified atom stereocenters. The number of hydrazine groups is 1. The van der Waals surface area contributed by atoms with Gasteiger partial charge in [-0.2, -0.15) is 0 Å². The molecule has 2 aromatic rings. The summed E-state index contributed by atoms with van der Waals surface area (Å²) in [6.07, 6.45) is 4.07. The predicted octanol–water partition coefficient (Wildman–Crippen LogP) is 3.42. The number of nitrogens with one attached hydrogen (secondary N) is 3. The van der Waals surface area contributed by atoms with E-state index in [4.69, 9.17) is 9.72 Å². The van der Waals surface area contributed by atoms with Crippen LogP contribution in [0.5, 0.6) is 0 Å². The van der Waals surface area contributed by atoms with Gasteiger partial charge in [0, 0.05) is 11.9 Å². The van der Waals surface area contributed by atoms with Gasteiger partial charge in [-0.1, -0.05) is 44.2 Å². The fourth-order valence-electron chi connectivity index (χ4n) is 4.99. The summed E-state index contributed by atoms with van der Waals surface area (Å²) in [4.78, 5) is 58.0. The molecule has 0 spiro atoms. The number of cyclic esters (lactones) is 1. The molecule has 5 bridgehead atoms. The van der Waals surface area contributed by atoms with Crippen LogP contribution >= 0.6 is 0 Å². The van der Waals surface area contributed by atoms with Crippen LogP contribution < -0.4 is 16.1 Å². The normalized spacial score (nSPS) is 27.9. The fourth-order valence-corrected chi connectivity index (χ4v) is 4.99. The van der Waals surface area contributed by atoms with Crippen molar-refractivity contribution in [2.24, 2.45) is 11.3 Å². The summed E-state index contributed by atoms with van der Waals surface area (Å²) in [5, 5.41) is 7.93. The second kappa shape index (κ2) is 11.6. The van der Waals surface area contributed by atoms with Crippen LogP contribution in [0, 0.1) is 11.3 Å². The minimum Gasteiger partial charge on any atom is -0.455 e. The molecule has 0 aliphatic carbocycles. The van der Waals surface area contributed by atoms with Gasteiger partial charge < -0.3 is 15.4 Å². The van der Waals surface area contributed by atoms with Crippen molar-refractivity contribution in [3.05, 3.63) is 47.7 Å². The summed E-state index contributed by atoms with van der Waals surface area (Å²) in [5.41, 5.74) is 3.16. The van der Waals surface area contributed by atoms with Gasteiger partial charge in [-0.05, 0) is 71.1 Å². The van der Waals surface area contributed by atoms with Crippen LogP contribution in [-0.4, -0.2) is 57.9 Å². The molecule has 1 saturated heterocycles. The van der Waals surface area contributed by atoms with Gasteiger partial charge in [0.1, 0.15) is 23.7 Å². The third-order valence-corrected chi connectivity index (χ3v) is 7.84. The number of nitrogens with zero attached hydrogens (tertiary/aromatic N) is 2. The fraction of sp³-hybridized carbons (Fsp3) is 0.516. The molecule has 4 rings (SSSR count). The van der Waals surface area contributed by atoms with Crippen molar-refractivity contribution in [2.45, 2.75) is 85.0 Å². The molecule has 3 N–H and O–H groups in total. The van der Waals surface area contributed by atoms with Crippen molar-refractivity contribution in [2.75, 3.05) is 6.54 Å². The van der Waals surface area contributed by atoms with Crippen molar-refractivity contribution >= 4 is 40.7 Å². The maximum absolute atomic E-state index is 13.4. The average molecular weight is 564 g/mol. The smallest absolute Gasteiger partial charge is 0.328 e. The number of carbonyl (C=O) groups excluding carboxylic acids is 4. The van der Waals surface area contributed by atoms with E-state index in [1.165, 1.54) is 5.01 Å². The van der Waals surface area contributed by atoms with Gasteiger partial charge in [0.2, 0.25) is 11.8 Å². The van der Waals surface area contributed by atoms with Gasteiger partial charge in [0.25, 0.3) is 5.91 Å². The van der Waals surface area contributed by atoms with Crippen LogP contribution in [0.1, 0.15) is 78.7 Å². The van der Waals surface area contributed by atoms with E-state index in [0.29, 0.717) is 25.1 Å². The number of esters is 1. The zero-order valence-corrected chi connectivity index (χ0v) is 24.9. The second-order valence-corrected chi connectivity index (χ2v) is 12.3. The topological polar surface area (TPSA) is 130 Å². The molecule has 0 saturated carbocycles. The zero-order valence-electron chi connectivity index (χ0n) is 24.9. The van der Waals surface area contributed by atoms with Gasteiger partial charge in [0.15, 0.2) is 0 Å². The lowest BCUT2D eigenvalue weighted by atomic mass is 9.89. The number of benzene rings is 1. The Kier molecular flexibility index (Phi) is 8.54. The maximum atomic E-state index is 13.4. The van der Waals surface area contributed by atoms with Gasteiger partial charge in [-0.3, -0.25) is 19.4 Å². The summed E-state index contributed by atoms with van der Waals surface area (Å²) in [6, 6.07) is 7.83. The van der Waals surface area contributed by atoms with Crippen LogP contribution in [0.3, 0.4) is 0 Å². The minimum atomic E-state index is -1.14. The lowest BCUT2D eigenvalue weighted by Gasteiger charge is -2.41.